The van der Waals surface area contributed by atoms with Gasteiger partial charge in [0.25, 0.3) is 0 Å². The predicted octanol–water partition coefficient (Wildman–Crippen LogP) is 2.09. The molecule has 2 aliphatic rings. The van der Waals surface area contributed by atoms with E-state index in [2.05, 4.69) is 44.9 Å². The molecular formula is C12H20N2. The quantitative estimate of drug-likeness (QED) is 0.637. The first-order chi connectivity index (χ1) is 6.44. The standard InChI is InChI=1S/C12H20N2/c1-8-12(2,3)10-6-5-9(13)7-11(10)14(8)4/h5,7-8,10H,6,13H2,1-4H3. The molecule has 0 radical (unpaired) electrons. The second-order valence-electron chi connectivity index (χ2n) is 5.17. The normalized spacial score (nSPS) is 35.0. The number of hydrogen-bond donors (Lipinski definition) is 1. The van der Waals surface area contributed by atoms with Gasteiger partial charge in [-0.15, -0.1) is 0 Å². The van der Waals surface area contributed by atoms with Gasteiger partial charge < -0.3 is 10.6 Å². The molecule has 1 fully saturated rings. The Morgan fingerprint density at radius 3 is 2.79 bits per heavy atom. The summed E-state index contributed by atoms with van der Waals surface area (Å²) in [6.07, 6.45) is 5.39. The summed E-state index contributed by atoms with van der Waals surface area (Å²) in [7, 11) is 2.18. The van der Waals surface area contributed by atoms with Crippen LogP contribution in [0.15, 0.2) is 23.5 Å². The fourth-order valence-electron chi connectivity index (χ4n) is 2.75. The summed E-state index contributed by atoms with van der Waals surface area (Å²) >= 11 is 0. The van der Waals surface area contributed by atoms with Crippen LogP contribution in [0.3, 0.4) is 0 Å². The Balaban J connectivity index is 2.41. The Labute approximate surface area is 86.5 Å². The summed E-state index contributed by atoms with van der Waals surface area (Å²) in [5.74, 6) is 0.648. The molecule has 0 bridgehead atoms. The summed E-state index contributed by atoms with van der Waals surface area (Å²) < 4.78 is 0. The Hall–Kier alpha value is -0.920. The first kappa shape index (κ1) is 9.63. The van der Waals surface area contributed by atoms with E-state index in [0.717, 1.165) is 12.1 Å². The molecule has 1 aliphatic carbocycles. The van der Waals surface area contributed by atoms with Gasteiger partial charge in [0.2, 0.25) is 0 Å². The molecule has 14 heavy (non-hydrogen) atoms. The van der Waals surface area contributed by atoms with Crippen molar-refractivity contribution in [3.63, 3.8) is 0 Å². The fourth-order valence-corrected chi connectivity index (χ4v) is 2.75. The lowest BCUT2D eigenvalue weighted by molar-refractivity contribution is 0.205. The lowest BCUT2D eigenvalue weighted by Gasteiger charge is -2.30. The third-order valence-corrected chi connectivity index (χ3v) is 4.22. The van der Waals surface area contributed by atoms with Crippen LogP contribution in [0.1, 0.15) is 27.2 Å². The van der Waals surface area contributed by atoms with Crippen molar-refractivity contribution in [2.45, 2.75) is 33.2 Å². The molecule has 2 rings (SSSR count). The van der Waals surface area contributed by atoms with Crippen LogP contribution >= 0.6 is 0 Å². The Morgan fingerprint density at radius 2 is 2.14 bits per heavy atom. The molecule has 1 heterocycles. The highest BCUT2D eigenvalue weighted by molar-refractivity contribution is 5.32. The van der Waals surface area contributed by atoms with E-state index >= 15 is 0 Å². The zero-order valence-electron chi connectivity index (χ0n) is 9.54. The molecule has 2 N–H and O–H groups in total. The van der Waals surface area contributed by atoms with E-state index < -0.39 is 0 Å². The maximum atomic E-state index is 5.84. The van der Waals surface area contributed by atoms with Crippen LogP contribution in [0.5, 0.6) is 0 Å². The minimum absolute atomic E-state index is 0.359. The van der Waals surface area contributed by atoms with Crippen molar-refractivity contribution in [3.05, 3.63) is 23.5 Å². The van der Waals surface area contributed by atoms with E-state index in [-0.39, 0.29) is 0 Å². The van der Waals surface area contributed by atoms with E-state index in [1.807, 2.05) is 0 Å². The van der Waals surface area contributed by atoms with Crippen LogP contribution in [0.25, 0.3) is 0 Å². The third-order valence-electron chi connectivity index (χ3n) is 4.22. The molecule has 0 aromatic carbocycles. The fraction of sp³-hybridized carbons (Fsp3) is 0.667. The van der Waals surface area contributed by atoms with Gasteiger partial charge in [0.05, 0.1) is 0 Å². The van der Waals surface area contributed by atoms with Crippen LogP contribution in [-0.2, 0) is 0 Å². The van der Waals surface area contributed by atoms with Crippen LogP contribution in [-0.4, -0.2) is 18.0 Å². The van der Waals surface area contributed by atoms with Crippen molar-refractivity contribution < 1.29 is 0 Å². The van der Waals surface area contributed by atoms with Gasteiger partial charge in [0.15, 0.2) is 0 Å². The van der Waals surface area contributed by atoms with E-state index in [0.29, 0.717) is 17.4 Å². The van der Waals surface area contributed by atoms with Gasteiger partial charge in [-0.3, -0.25) is 0 Å². The van der Waals surface area contributed by atoms with Crippen molar-refractivity contribution in [1.29, 1.82) is 0 Å². The van der Waals surface area contributed by atoms with E-state index in [1.165, 1.54) is 5.70 Å². The number of likely N-dealkylation sites (tertiary alicyclic amines) is 1. The number of nitrogens with zero attached hydrogens (tertiary/aromatic N) is 1. The zero-order chi connectivity index (χ0) is 10.5. The van der Waals surface area contributed by atoms with Gasteiger partial charge in [-0.1, -0.05) is 19.9 Å². The molecule has 0 saturated carbocycles. The second-order valence-corrected chi connectivity index (χ2v) is 5.17. The monoisotopic (exact) mass is 192 g/mol. The third kappa shape index (κ3) is 1.09. The number of hydrogen-bond acceptors (Lipinski definition) is 2. The predicted molar refractivity (Wildman–Crippen MR) is 59.5 cm³/mol. The van der Waals surface area contributed by atoms with Gasteiger partial charge >= 0.3 is 0 Å². The van der Waals surface area contributed by atoms with Crippen molar-refractivity contribution in [2.24, 2.45) is 17.1 Å². The summed E-state index contributed by atoms with van der Waals surface area (Å²) in [6, 6.07) is 0.595. The average Bonchev–Trinajstić information content (AvgIpc) is 2.28. The number of rotatable bonds is 0. The van der Waals surface area contributed by atoms with Crippen LogP contribution < -0.4 is 5.73 Å². The zero-order valence-corrected chi connectivity index (χ0v) is 9.54. The number of allylic oxidation sites excluding steroid dienone is 3. The molecule has 2 heteroatoms. The van der Waals surface area contributed by atoms with E-state index in [1.54, 1.807) is 0 Å². The van der Waals surface area contributed by atoms with E-state index in [4.69, 9.17) is 5.73 Å². The molecule has 2 nitrogen and oxygen atoms in total. The largest absolute Gasteiger partial charge is 0.399 e. The van der Waals surface area contributed by atoms with Gasteiger partial charge in [-0.25, -0.2) is 0 Å². The summed E-state index contributed by atoms with van der Waals surface area (Å²) in [6.45, 7) is 7.01. The van der Waals surface area contributed by atoms with Crippen LogP contribution in [0.2, 0.25) is 0 Å². The molecule has 78 valence electrons. The summed E-state index contributed by atoms with van der Waals surface area (Å²) in [5, 5.41) is 0. The number of nitrogens with two attached hydrogens (primary N) is 1. The minimum Gasteiger partial charge on any atom is -0.399 e. The molecule has 1 aliphatic heterocycles. The molecule has 2 atom stereocenters. The summed E-state index contributed by atoms with van der Waals surface area (Å²) in [5.41, 5.74) is 8.55. The first-order valence-electron chi connectivity index (χ1n) is 5.34. The van der Waals surface area contributed by atoms with Crippen molar-refractivity contribution in [2.75, 3.05) is 7.05 Å². The van der Waals surface area contributed by atoms with Gasteiger partial charge in [-0.2, -0.15) is 0 Å². The van der Waals surface area contributed by atoms with Gasteiger partial charge in [0, 0.05) is 30.4 Å². The highest BCUT2D eigenvalue weighted by atomic mass is 15.2. The SMILES string of the molecule is CC1N(C)C2=CC(N)=CCC2C1(C)C. The minimum atomic E-state index is 0.359. The first-order valence-corrected chi connectivity index (χ1v) is 5.34. The molecule has 2 unspecified atom stereocenters. The lowest BCUT2D eigenvalue weighted by atomic mass is 9.73. The molecule has 0 aromatic heterocycles. The Morgan fingerprint density at radius 1 is 1.50 bits per heavy atom. The molecule has 1 saturated heterocycles. The summed E-state index contributed by atoms with van der Waals surface area (Å²) in [4.78, 5) is 2.38. The Kier molecular flexibility index (Phi) is 1.91. The average molecular weight is 192 g/mol. The smallest absolute Gasteiger partial charge is 0.0313 e. The van der Waals surface area contributed by atoms with Crippen LogP contribution in [0.4, 0.5) is 0 Å². The van der Waals surface area contributed by atoms with Gasteiger partial charge in [-0.05, 0) is 24.8 Å². The maximum Gasteiger partial charge on any atom is 0.0313 e. The topological polar surface area (TPSA) is 29.3 Å². The van der Waals surface area contributed by atoms with E-state index in [9.17, 15) is 0 Å². The van der Waals surface area contributed by atoms with Crippen molar-refractivity contribution >= 4 is 0 Å². The molecule has 0 aromatic rings. The molecule has 0 spiro atoms. The van der Waals surface area contributed by atoms with Crippen molar-refractivity contribution in [1.82, 2.24) is 4.90 Å². The highest BCUT2D eigenvalue weighted by Crippen LogP contribution is 2.49. The van der Waals surface area contributed by atoms with Gasteiger partial charge in [0.1, 0.15) is 0 Å². The van der Waals surface area contributed by atoms with Crippen LogP contribution in [0, 0.1) is 11.3 Å². The molecular weight excluding hydrogens is 172 g/mol. The van der Waals surface area contributed by atoms with Crippen molar-refractivity contribution in [3.8, 4) is 0 Å². The number of fused-ring (bicyclic) bond motifs is 1. The molecule has 0 amide bonds. The second kappa shape index (κ2) is 2.78. The Bertz CT molecular complexity index is 312. The highest BCUT2D eigenvalue weighted by Gasteiger charge is 2.47. The maximum absolute atomic E-state index is 5.84. The lowest BCUT2D eigenvalue weighted by Crippen LogP contribution is -2.32.